The van der Waals surface area contributed by atoms with Crippen LogP contribution in [-0.4, -0.2) is 12.6 Å². The number of carbonyl (C=O) groups excluding carboxylic acids is 1. The Labute approximate surface area is 135 Å². The van der Waals surface area contributed by atoms with E-state index in [-0.39, 0.29) is 5.97 Å². The summed E-state index contributed by atoms with van der Waals surface area (Å²) in [6.07, 6.45) is 0.950. The molecule has 0 heterocycles. The van der Waals surface area contributed by atoms with E-state index < -0.39 is 0 Å². The van der Waals surface area contributed by atoms with Crippen LogP contribution in [0.5, 0.6) is 11.5 Å². The van der Waals surface area contributed by atoms with Crippen LogP contribution in [0.25, 0.3) is 10.8 Å². The van der Waals surface area contributed by atoms with Crippen molar-refractivity contribution < 1.29 is 14.3 Å². The number of hydrogen-bond donors (Lipinski definition) is 0. The van der Waals surface area contributed by atoms with Crippen LogP contribution in [0.1, 0.15) is 23.7 Å². The fourth-order valence-electron chi connectivity index (χ4n) is 2.30. The van der Waals surface area contributed by atoms with Crippen LogP contribution in [0, 0.1) is 0 Å². The highest BCUT2D eigenvalue weighted by molar-refractivity contribution is 5.92. The zero-order valence-corrected chi connectivity index (χ0v) is 13.0. The third kappa shape index (κ3) is 3.69. The zero-order valence-electron chi connectivity index (χ0n) is 13.0. The highest BCUT2D eigenvalue weighted by atomic mass is 16.5. The number of carbonyl (C=O) groups is 1. The molecule has 0 aliphatic rings. The van der Waals surface area contributed by atoms with Gasteiger partial charge in [0.2, 0.25) is 0 Å². The van der Waals surface area contributed by atoms with Crippen LogP contribution < -0.4 is 9.47 Å². The van der Waals surface area contributed by atoms with E-state index in [1.54, 1.807) is 30.3 Å². The van der Waals surface area contributed by atoms with Gasteiger partial charge in [0, 0.05) is 0 Å². The van der Waals surface area contributed by atoms with Crippen LogP contribution in [-0.2, 0) is 0 Å². The molecular formula is C20H18O3. The minimum atomic E-state index is -0.373. The minimum Gasteiger partial charge on any atom is -0.494 e. The average Bonchev–Trinajstić information content (AvgIpc) is 2.60. The molecule has 0 aliphatic heterocycles. The third-order valence-corrected chi connectivity index (χ3v) is 3.49. The Morgan fingerprint density at radius 2 is 1.57 bits per heavy atom. The van der Waals surface area contributed by atoms with Crippen molar-refractivity contribution in [3.8, 4) is 11.5 Å². The Morgan fingerprint density at radius 1 is 0.870 bits per heavy atom. The van der Waals surface area contributed by atoms with Crippen LogP contribution >= 0.6 is 0 Å². The van der Waals surface area contributed by atoms with Gasteiger partial charge < -0.3 is 9.47 Å². The van der Waals surface area contributed by atoms with Gasteiger partial charge in [-0.3, -0.25) is 0 Å². The van der Waals surface area contributed by atoms with Crippen LogP contribution in [0.15, 0.2) is 66.7 Å². The lowest BCUT2D eigenvalue weighted by Crippen LogP contribution is -2.08. The number of fused-ring (bicyclic) bond motifs is 1. The third-order valence-electron chi connectivity index (χ3n) is 3.49. The van der Waals surface area contributed by atoms with Gasteiger partial charge in [0.25, 0.3) is 0 Å². The highest BCUT2D eigenvalue weighted by Gasteiger charge is 2.09. The molecule has 0 spiro atoms. The molecular weight excluding hydrogens is 288 g/mol. The van der Waals surface area contributed by atoms with Crippen molar-refractivity contribution >= 4 is 16.7 Å². The molecule has 0 radical (unpaired) electrons. The second-order valence-electron chi connectivity index (χ2n) is 5.27. The van der Waals surface area contributed by atoms with Crippen LogP contribution in [0.2, 0.25) is 0 Å². The monoisotopic (exact) mass is 306 g/mol. The largest absolute Gasteiger partial charge is 0.494 e. The van der Waals surface area contributed by atoms with Crippen molar-refractivity contribution in [2.75, 3.05) is 6.61 Å². The molecule has 0 amide bonds. The maximum Gasteiger partial charge on any atom is 0.343 e. The van der Waals surface area contributed by atoms with Crippen molar-refractivity contribution in [3.63, 3.8) is 0 Å². The fourth-order valence-corrected chi connectivity index (χ4v) is 2.30. The van der Waals surface area contributed by atoms with E-state index in [2.05, 4.69) is 6.92 Å². The Balaban J connectivity index is 1.72. The normalized spacial score (nSPS) is 10.5. The summed E-state index contributed by atoms with van der Waals surface area (Å²) < 4.78 is 11.0. The lowest BCUT2D eigenvalue weighted by Gasteiger charge is -2.07. The molecule has 3 nitrogen and oxygen atoms in total. The molecule has 3 aromatic rings. The van der Waals surface area contributed by atoms with Crippen molar-refractivity contribution in [3.05, 3.63) is 72.3 Å². The molecule has 0 aromatic heterocycles. The molecule has 0 unspecified atom stereocenters. The number of esters is 1. The molecule has 0 bridgehead atoms. The van der Waals surface area contributed by atoms with E-state index in [1.807, 2.05) is 36.4 Å². The Bertz CT molecular complexity index is 806. The summed E-state index contributed by atoms with van der Waals surface area (Å²) in [5.74, 6) is 0.927. The first-order valence-corrected chi connectivity index (χ1v) is 7.70. The lowest BCUT2D eigenvalue weighted by molar-refractivity contribution is 0.0735. The van der Waals surface area contributed by atoms with E-state index >= 15 is 0 Å². The van der Waals surface area contributed by atoms with Gasteiger partial charge in [0.1, 0.15) is 11.5 Å². The van der Waals surface area contributed by atoms with Crippen molar-refractivity contribution in [1.82, 2.24) is 0 Å². The molecule has 3 aromatic carbocycles. The predicted octanol–water partition coefficient (Wildman–Crippen LogP) is 4.85. The molecule has 3 heteroatoms. The molecule has 0 fully saturated rings. The first-order chi connectivity index (χ1) is 11.3. The van der Waals surface area contributed by atoms with Gasteiger partial charge in [-0.2, -0.15) is 0 Å². The average molecular weight is 306 g/mol. The van der Waals surface area contributed by atoms with Gasteiger partial charge in [0.15, 0.2) is 0 Å². The van der Waals surface area contributed by atoms with Crippen molar-refractivity contribution in [2.24, 2.45) is 0 Å². The Hall–Kier alpha value is -2.81. The van der Waals surface area contributed by atoms with Gasteiger partial charge in [-0.25, -0.2) is 4.79 Å². The van der Waals surface area contributed by atoms with Gasteiger partial charge in [-0.15, -0.1) is 0 Å². The highest BCUT2D eigenvalue weighted by Crippen LogP contribution is 2.22. The number of ether oxygens (including phenoxy) is 2. The molecule has 0 N–H and O–H groups in total. The Morgan fingerprint density at radius 3 is 2.30 bits per heavy atom. The standard InChI is InChI=1S/C20H18O3/c1-2-13-22-18-10-8-16(9-11-18)20(21)23-19-12-7-15-5-3-4-6-17(15)14-19/h3-12,14H,2,13H2,1H3. The van der Waals surface area contributed by atoms with Gasteiger partial charge in [-0.05, 0) is 53.6 Å². The summed E-state index contributed by atoms with van der Waals surface area (Å²) in [5, 5.41) is 2.16. The maximum atomic E-state index is 12.2. The first-order valence-electron chi connectivity index (χ1n) is 7.70. The van der Waals surface area contributed by atoms with Gasteiger partial charge in [0.05, 0.1) is 12.2 Å². The van der Waals surface area contributed by atoms with Crippen molar-refractivity contribution in [2.45, 2.75) is 13.3 Å². The van der Waals surface area contributed by atoms with E-state index in [1.165, 1.54) is 0 Å². The topological polar surface area (TPSA) is 35.5 Å². The molecule has 0 saturated heterocycles. The fraction of sp³-hybridized carbons (Fsp3) is 0.150. The van der Waals surface area contributed by atoms with E-state index in [0.29, 0.717) is 17.9 Å². The quantitative estimate of drug-likeness (QED) is 0.499. The van der Waals surface area contributed by atoms with Crippen LogP contribution in [0.3, 0.4) is 0 Å². The second kappa shape index (κ2) is 6.97. The smallest absolute Gasteiger partial charge is 0.343 e. The molecule has 0 aliphatic carbocycles. The van der Waals surface area contributed by atoms with E-state index in [4.69, 9.17) is 9.47 Å². The molecule has 116 valence electrons. The molecule has 23 heavy (non-hydrogen) atoms. The Kier molecular flexibility index (Phi) is 4.57. The summed E-state index contributed by atoms with van der Waals surface area (Å²) in [4.78, 5) is 12.2. The van der Waals surface area contributed by atoms with E-state index in [9.17, 15) is 4.79 Å². The SMILES string of the molecule is CCCOc1ccc(C(=O)Oc2ccc3ccccc3c2)cc1. The maximum absolute atomic E-state index is 12.2. The first kappa shape index (κ1) is 15.1. The summed E-state index contributed by atoms with van der Waals surface area (Å²) in [6, 6.07) is 20.6. The lowest BCUT2D eigenvalue weighted by atomic mass is 10.1. The van der Waals surface area contributed by atoms with Crippen molar-refractivity contribution in [1.29, 1.82) is 0 Å². The van der Waals surface area contributed by atoms with Gasteiger partial charge in [-0.1, -0.05) is 37.3 Å². The number of rotatable bonds is 5. The number of hydrogen-bond acceptors (Lipinski definition) is 3. The summed E-state index contributed by atoms with van der Waals surface area (Å²) in [6.45, 7) is 2.72. The van der Waals surface area contributed by atoms with E-state index in [0.717, 1.165) is 22.9 Å². The number of benzene rings is 3. The molecule has 3 rings (SSSR count). The summed E-state index contributed by atoms with van der Waals surface area (Å²) >= 11 is 0. The molecule has 0 saturated carbocycles. The second-order valence-corrected chi connectivity index (χ2v) is 5.27. The molecule has 0 atom stereocenters. The predicted molar refractivity (Wildman–Crippen MR) is 91.1 cm³/mol. The van der Waals surface area contributed by atoms with Gasteiger partial charge >= 0.3 is 5.97 Å². The summed E-state index contributed by atoms with van der Waals surface area (Å²) in [7, 11) is 0. The zero-order chi connectivity index (χ0) is 16.1. The summed E-state index contributed by atoms with van der Waals surface area (Å²) in [5.41, 5.74) is 0.502. The van der Waals surface area contributed by atoms with Crippen LogP contribution in [0.4, 0.5) is 0 Å². The minimum absolute atomic E-state index is 0.373.